The Labute approximate surface area is 139 Å². The Morgan fingerprint density at radius 2 is 1.65 bits per heavy atom. The molecule has 0 aromatic heterocycles. The number of hydrogen-bond acceptors (Lipinski definition) is 4. The van der Waals surface area contributed by atoms with E-state index in [0.29, 0.717) is 43.5 Å². The fraction of sp³-hybridized carbons (Fsp3) is 0.400. The van der Waals surface area contributed by atoms with Crippen molar-refractivity contribution in [2.75, 3.05) is 38.1 Å². The number of piperazine rings is 1. The van der Waals surface area contributed by atoms with Crippen molar-refractivity contribution in [3.8, 4) is 0 Å². The van der Waals surface area contributed by atoms with Crippen LogP contribution in [-0.2, 0) is 14.3 Å². The molecule has 1 aliphatic rings. The second kappa shape index (κ2) is 7.82. The highest BCUT2D eigenvalue weighted by atomic mass is 35.5. The maximum atomic E-state index is 12.1. The molecular formula is C15H18ClN3O4. The van der Waals surface area contributed by atoms with Crippen molar-refractivity contribution >= 4 is 35.2 Å². The monoisotopic (exact) mass is 339 g/mol. The molecule has 23 heavy (non-hydrogen) atoms. The molecule has 0 unspecified atom stereocenters. The zero-order valence-corrected chi connectivity index (χ0v) is 13.5. The third kappa shape index (κ3) is 4.59. The normalized spacial score (nSPS) is 14.3. The lowest BCUT2D eigenvalue weighted by atomic mass is 10.3. The molecule has 1 N–H and O–H groups in total. The van der Waals surface area contributed by atoms with Crippen LogP contribution in [-0.4, -0.2) is 60.5 Å². The first-order valence-electron chi connectivity index (χ1n) is 7.28. The highest BCUT2D eigenvalue weighted by Crippen LogP contribution is 2.13. The van der Waals surface area contributed by atoms with E-state index in [1.54, 1.807) is 31.2 Å². The minimum Gasteiger partial charge on any atom is -0.450 e. The van der Waals surface area contributed by atoms with Crippen molar-refractivity contribution in [1.29, 1.82) is 0 Å². The third-order valence-corrected chi connectivity index (χ3v) is 3.64. The predicted molar refractivity (Wildman–Crippen MR) is 85.3 cm³/mol. The van der Waals surface area contributed by atoms with Gasteiger partial charge in [-0.3, -0.25) is 9.59 Å². The molecule has 7 nitrogen and oxygen atoms in total. The maximum absolute atomic E-state index is 12.1. The molecule has 0 saturated carbocycles. The average Bonchev–Trinajstić information content (AvgIpc) is 2.56. The van der Waals surface area contributed by atoms with Gasteiger partial charge in [0.2, 0.25) is 0 Å². The van der Waals surface area contributed by atoms with Gasteiger partial charge in [-0.25, -0.2) is 4.79 Å². The summed E-state index contributed by atoms with van der Waals surface area (Å²) >= 11 is 5.76. The summed E-state index contributed by atoms with van der Waals surface area (Å²) in [7, 11) is 0. The van der Waals surface area contributed by atoms with Gasteiger partial charge >= 0.3 is 17.9 Å². The van der Waals surface area contributed by atoms with E-state index in [4.69, 9.17) is 16.3 Å². The van der Waals surface area contributed by atoms with Gasteiger partial charge in [-0.15, -0.1) is 0 Å². The largest absolute Gasteiger partial charge is 0.450 e. The molecule has 3 amide bonds. The summed E-state index contributed by atoms with van der Waals surface area (Å²) in [4.78, 5) is 38.6. The van der Waals surface area contributed by atoms with E-state index in [1.165, 1.54) is 9.80 Å². The first-order chi connectivity index (χ1) is 11.0. The molecule has 1 heterocycles. The maximum Gasteiger partial charge on any atom is 0.409 e. The quantitative estimate of drug-likeness (QED) is 0.830. The number of anilines is 1. The summed E-state index contributed by atoms with van der Waals surface area (Å²) < 4.78 is 4.91. The van der Waals surface area contributed by atoms with Crippen LogP contribution < -0.4 is 5.32 Å². The summed E-state index contributed by atoms with van der Waals surface area (Å²) in [6, 6.07) is 6.48. The van der Waals surface area contributed by atoms with E-state index in [1.807, 2.05) is 0 Å². The Hall–Kier alpha value is -2.28. The predicted octanol–water partition coefficient (Wildman–Crippen LogP) is 1.58. The number of nitrogens with one attached hydrogen (secondary N) is 1. The fourth-order valence-electron chi connectivity index (χ4n) is 2.17. The van der Waals surface area contributed by atoms with Crippen LogP contribution in [0.3, 0.4) is 0 Å². The van der Waals surface area contributed by atoms with Gasteiger partial charge in [0.1, 0.15) is 0 Å². The van der Waals surface area contributed by atoms with E-state index < -0.39 is 17.9 Å². The highest BCUT2D eigenvalue weighted by Gasteiger charge is 2.28. The lowest BCUT2D eigenvalue weighted by molar-refractivity contribution is -0.144. The first-order valence-corrected chi connectivity index (χ1v) is 7.66. The molecule has 2 rings (SSSR count). The smallest absolute Gasteiger partial charge is 0.409 e. The molecule has 0 atom stereocenters. The third-order valence-electron chi connectivity index (χ3n) is 3.39. The zero-order chi connectivity index (χ0) is 16.8. The average molecular weight is 340 g/mol. The lowest BCUT2D eigenvalue weighted by Gasteiger charge is -2.33. The molecule has 1 aliphatic heterocycles. The molecular weight excluding hydrogens is 322 g/mol. The van der Waals surface area contributed by atoms with Gasteiger partial charge in [0, 0.05) is 36.9 Å². The number of rotatable bonds is 2. The molecule has 1 saturated heterocycles. The lowest BCUT2D eigenvalue weighted by Crippen LogP contribution is -2.53. The number of halogens is 1. The number of carbonyl (C=O) groups excluding carboxylic acids is 3. The Bertz CT molecular complexity index is 583. The van der Waals surface area contributed by atoms with E-state index in [9.17, 15) is 14.4 Å². The van der Waals surface area contributed by atoms with Crippen molar-refractivity contribution in [1.82, 2.24) is 9.80 Å². The fourth-order valence-corrected chi connectivity index (χ4v) is 2.29. The summed E-state index contributed by atoms with van der Waals surface area (Å²) in [5, 5.41) is 3.07. The van der Waals surface area contributed by atoms with Crippen molar-refractivity contribution in [3.05, 3.63) is 29.3 Å². The number of amides is 3. The summed E-state index contributed by atoms with van der Waals surface area (Å²) in [5.41, 5.74) is 0.498. The van der Waals surface area contributed by atoms with E-state index in [2.05, 4.69) is 5.32 Å². The number of benzene rings is 1. The second-order valence-corrected chi connectivity index (χ2v) is 5.38. The molecule has 8 heteroatoms. The Kier molecular flexibility index (Phi) is 5.81. The SMILES string of the molecule is CCOC(=O)N1CCN(C(=O)C(=O)Nc2ccc(Cl)cc2)CC1. The van der Waals surface area contributed by atoms with Crippen LogP contribution >= 0.6 is 11.6 Å². The standard InChI is InChI=1S/C15H18ClN3O4/c1-2-23-15(22)19-9-7-18(8-10-19)14(21)13(20)17-12-5-3-11(16)4-6-12/h3-6H,2,7-10H2,1H3,(H,17,20). The van der Waals surface area contributed by atoms with Gasteiger partial charge in [-0.05, 0) is 31.2 Å². The van der Waals surface area contributed by atoms with Gasteiger partial charge < -0.3 is 19.9 Å². The summed E-state index contributed by atoms with van der Waals surface area (Å²) in [5.74, 6) is -1.33. The Morgan fingerprint density at radius 1 is 1.09 bits per heavy atom. The second-order valence-electron chi connectivity index (χ2n) is 4.94. The van der Waals surface area contributed by atoms with E-state index in [-0.39, 0.29) is 0 Å². The molecule has 0 radical (unpaired) electrons. The number of carbonyl (C=O) groups is 3. The van der Waals surface area contributed by atoms with Crippen molar-refractivity contribution in [2.45, 2.75) is 6.92 Å². The topological polar surface area (TPSA) is 79.0 Å². The van der Waals surface area contributed by atoms with Gasteiger partial charge in [-0.1, -0.05) is 11.6 Å². The van der Waals surface area contributed by atoms with Crippen LogP contribution in [0, 0.1) is 0 Å². The van der Waals surface area contributed by atoms with E-state index in [0.717, 1.165) is 0 Å². The van der Waals surface area contributed by atoms with Crippen LogP contribution in [0.2, 0.25) is 5.02 Å². The highest BCUT2D eigenvalue weighted by molar-refractivity contribution is 6.39. The molecule has 0 bridgehead atoms. The van der Waals surface area contributed by atoms with Gasteiger partial charge in [-0.2, -0.15) is 0 Å². The van der Waals surface area contributed by atoms with Crippen molar-refractivity contribution in [3.63, 3.8) is 0 Å². The van der Waals surface area contributed by atoms with E-state index >= 15 is 0 Å². The Morgan fingerprint density at radius 3 is 2.22 bits per heavy atom. The number of nitrogens with zero attached hydrogens (tertiary/aromatic N) is 2. The summed E-state index contributed by atoms with van der Waals surface area (Å²) in [6.07, 6.45) is -0.398. The molecule has 0 spiro atoms. The van der Waals surface area contributed by atoms with Gasteiger partial charge in [0.25, 0.3) is 0 Å². The van der Waals surface area contributed by atoms with Crippen molar-refractivity contribution in [2.24, 2.45) is 0 Å². The number of hydrogen-bond donors (Lipinski definition) is 1. The first kappa shape index (κ1) is 17.1. The van der Waals surface area contributed by atoms with Crippen LogP contribution in [0.4, 0.5) is 10.5 Å². The molecule has 124 valence electrons. The van der Waals surface area contributed by atoms with Crippen LogP contribution in [0.25, 0.3) is 0 Å². The molecule has 1 aromatic carbocycles. The molecule has 1 aromatic rings. The number of ether oxygens (including phenoxy) is 1. The molecule has 0 aliphatic carbocycles. The van der Waals surface area contributed by atoms with Gasteiger partial charge in [0.15, 0.2) is 0 Å². The van der Waals surface area contributed by atoms with Crippen LogP contribution in [0.5, 0.6) is 0 Å². The summed E-state index contributed by atoms with van der Waals surface area (Å²) in [6.45, 7) is 3.33. The van der Waals surface area contributed by atoms with Crippen LogP contribution in [0.15, 0.2) is 24.3 Å². The zero-order valence-electron chi connectivity index (χ0n) is 12.8. The van der Waals surface area contributed by atoms with Crippen molar-refractivity contribution < 1.29 is 19.1 Å². The molecule has 1 fully saturated rings. The Balaban J connectivity index is 1.85. The van der Waals surface area contributed by atoms with Gasteiger partial charge in [0.05, 0.1) is 6.61 Å². The minimum atomic E-state index is -0.711. The van der Waals surface area contributed by atoms with Crippen LogP contribution in [0.1, 0.15) is 6.92 Å². The minimum absolute atomic E-state index is 0.297.